The second-order valence-corrected chi connectivity index (χ2v) is 6.13. The van der Waals surface area contributed by atoms with Crippen LogP contribution in [0.1, 0.15) is 24.5 Å². The molecule has 5 heteroatoms. The van der Waals surface area contributed by atoms with E-state index in [4.69, 9.17) is 4.74 Å². The van der Waals surface area contributed by atoms with Crippen LogP contribution in [-0.2, 0) is 14.8 Å². The van der Waals surface area contributed by atoms with Gasteiger partial charge in [0.15, 0.2) is 3.61 Å². The molecular formula is C13H16INO3. The Kier molecular flexibility index (Phi) is 3.82. The first-order chi connectivity index (χ1) is 8.45. The predicted octanol–water partition coefficient (Wildman–Crippen LogP) is 1.73. The van der Waals surface area contributed by atoms with E-state index in [0.29, 0.717) is 5.75 Å². The van der Waals surface area contributed by atoms with E-state index in [-0.39, 0.29) is 11.9 Å². The fraction of sp³-hybridized carbons (Fsp3) is 0.462. The number of hydrogen-bond donors (Lipinski definition) is 2. The first-order valence-corrected chi connectivity index (χ1v) is 6.89. The highest BCUT2D eigenvalue weighted by molar-refractivity contribution is 14.1. The lowest BCUT2D eigenvalue weighted by atomic mass is 9.85. The molecule has 2 N–H and O–H groups in total. The van der Waals surface area contributed by atoms with Crippen LogP contribution in [0.15, 0.2) is 18.2 Å². The van der Waals surface area contributed by atoms with E-state index in [1.807, 2.05) is 40.8 Å². The summed E-state index contributed by atoms with van der Waals surface area (Å²) in [5.74, 6) is 0.591. The van der Waals surface area contributed by atoms with Crippen LogP contribution in [0.3, 0.4) is 0 Å². The summed E-state index contributed by atoms with van der Waals surface area (Å²) >= 11 is 2.00. The Hall–Kier alpha value is -0.820. The van der Waals surface area contributed by atoms with Crippen molar-refractivity contribution in [3.63, 3.8) is 0 Å². The summed E-state index contributed by atoms with van der Waals surface area (Å²) in [5, 5.41) is 13.5. The summed E-state index contributed by atoms with van der Waals surface area (Å²) in [7, 11) is 1.60. The van der Waals surface area contributed by atoms with E-state index in [0.717, 1.165) is 24.0 Å². The third-order valence-electron chi connectivity index (χ3n) is 3.24. The standard InChI is InChI=1S/C13H16INO3/c1-8(16)15-12-6-4-9-3-5-10(18-2)7-11(9)13(12,14)17/h3,5,7,12,17H,4,6H2,1-2H3,(H,15,16). The molecule has 0 fully saturated rings. The van der Waals surface area contributed by atoms with Crippen LogP contribution in [0.4, 0.5) is 0 Å². The molecule has 18 heavy (non-hydrogen) atoms. The second kappa shape index (κ2) is 5.05. The number of benzene rings is 1. The quantitative estimate of drug-likeness (QED) is 0.623. The smallest absolute Gasteiger partial charge is 0.217 e. The van der Waals surface area contributed by atoms with E-state index in [1.54, 1.807) is 7.11 Å². The summed E-state index contributed by atoms with van der Waals surface area (Å²) in [6.07, 6.45) is 1.58. The van der Waals surface area contributed by atoms with Gasteiger partial charge >= 0.3 is 0 Å². The molecule has 1 aliphatic rings. The zero-order valence-corrected chi connectivity index (χ0v) is 12.5. The molecule has 98 valence electrons. The van der Waals surface area contributed by atoms with Gasteiger partial charge in [-0.15, -0.1) is 0 Å². The summed E-state index contributed by atoms with van der Waals surface area (Å²) < 4.78 is 4.10. The van der Waals surface area contributed by atoms with Gasteiger partial charge in [-0.2, -0.15) is 0 Å². The summed E-state index contributed by atoms with van der Waals surface area (Å²) in [5.41, 5.74) is 1.93. The highest BCUT2D eigenvalue weighted by atomic mass is 127. The molecule has 0 heterocycles. The highest BCUT2D eigenvalue weighted by Crippen LogP contribution is 2.42. The molecular weight excluding hydrogens is 345 g/mol. The van der Waals surface area contributed by atoms with Crippen LogP contribution in [0.25, 0.3) is 0 Å². The minimum absolute atomic E-state index is 0.124. The molecule has 2 rings (SSSR count). The van der Waals surface area contributed by atoms with Crippen LogP contribution in [0.2, 0.25) is 0 Å². The Morgan fingerprint density at radius 3 is 2.94 bits per heavy atom. The molecule has 2 atom stereocenters. The van der Waals surface area contributed by atoms with Crippen molar-refractivity contribution in [2.45, 2.75) is 29.4 Å². The van der Waals surface area contributed by atoms with Gasteiger partial charge in [0, 0.05) is 12.5 Å². The monoisotopic (exact) mass is 361 g/mol. The number of methoxy groups -OCH3 is 1. The Labute approximate surface area is 120 Å². The normalized spacial score (nSPS) is 26.3. The summed E-state index contributed by atoms with van der Waals surface area (Å²) in [6, 6.07) is 5.44. The maximum Gasteiger partial charge on any atom is 0.217 e. The summed E-state index contributed by atoms with van der Waals surface area (Å²) in [6.45, 7) is 1.47. The van der Waals surface area contributed by atoms with Crippen molar-refractivity contribution in [1.29, 1.82) is 0 Å². The van der Waals surface area contributed by atoms with Gasteiger partial charge in [0.25, 0.3) is 0 Å². The SMILES string of the molecule is COc1ccc2c(c1)C(O)(I)C(NC(C)=O)CC2. The van der Waals surface area contributed by atoms with Gasteiger partial charge in [0.2, 0.25) is 5.91 Å². The number of aryl methyl sites for hydroxylation is 1. The largest absolute Gasteiger partial charge is 0.497 e. The lowest BCUT2D eigenvalue weighted by molar-refractivity contribution is -0.120. The molecule has 1 amide bonds. The van der Waals surface area contributed by atoms with Crippen molar-refractivity contribution in [2.75, 3.05) is 7.11 Å². The van der Waals surface area contributed by atoms with Crippen LogP contribution >= 0.6 is 22.6 Å². The number of alkyl halides is 1. The number of hydrogen-bond acceptors (Lipinski definition) is 3. The molecule has 1 aromatic carbocycles. The van der Waals surface area contributed by atoms with Gasteiger partial charge in [-0.3, -0.25) is 4.79 Å². The van der Waals surface area contributed by atoms with Crippen LogP contribution in [0, 0.1) is 0 Å². The van der Waals surface area contributed by atoms with Crippen molar-refractivity contribution >= 4 is 28.5 Å². The summed E-state index contributed by atoms with van der Waals surface area (Å²) in [4.78, 5) is 11.2. The molecule has 1 aliphatic carbocycles. The molecule has 0 aromatic heterocycles. The second-order valence-electron chi connectivity index (χ2n) is 4.49. The number of nitrogens with one attached hydrogen (secondary N) is 1. The number of ether oxygens (including phenoxy) is 1. The molecule has 4 nitrogen and oxygen atoms in total. The molecule has 2 unspecified atom stereocenters. The first-order valence-electron chi connectivity index (χ1n) is 5.81. The fourth-order valence-electron chi connectivity index (χ4n) is 2.32. The highest BCUT2D eigenvalue weighted by Gasteiger charge is 2.41. The fourth-order valence-corrected chi connectivity index (χ4v) is 3.29. The molecule has 0 bridgehead atoms. The minimum Gasteiger partial charge on any atom is -0.497 e. The van der Waals surface area contributed by atoms with Crippen molar-refractivity contribution in [3.05, 3.63) is 29.3 Å². The van der Waals surface area contributed by atoms with Gasteiger partial charge in [0.05, 0.1) is 13.2 Å². The maximum atomic E-state index is 11.2. The van der Waals surface area contributed by atoms with Crippen LogP contribution in [-0.4, -0.2) is 24.2 Å². The van der Waals surface area contributed by atoms with Gasteiger partial charge in [-0.25, -0.2) is 0 Å². The number of halogens is 1. The average Bonchev–Trinajstić information content (AvgIpc) is 2.32. The van der Waals surface area contributed by atoms with Gasteiger partial charge in [-0.1, -0.05) is 6.07 Å². The van der Waals surface area contributed by atoms with E-state index in [9.17, 15) is 9.90 Å². The van der Waals surface area contributed by atoms with Gasteiger partial charge in [-0.05, 0) is 53.1 Å². The third-order valence-corrected chi connectivity index (χ3v) is 4.57. The minimum atomic E-state index is -1.09. The van der Waals surface area contributed by atoms with Crippen molar-refractivity contribution < 1.29 is 14.6 Å². The lowest BCUT2D eigenvalue weighted by Gasteiger charge is -2.37. The zero-order chi connectivity index (χ0) is 13.3. The Balaban J connectivity index is 2.39. The van der Waals surface area contributed by atoms with Crippen molar-refractivity contribution in [1.82, 2.24) is 5.32 Å². The predicted molar refractivity (Wildman–Crippen MR) is 76.8 cm³/mol. The van der Waals surface area contributed by atoms with E-state index in [1.165, 1.54) is 6.92 Å². The van der Waals surface area contributed by atoms with Gasteiger partial charge in [0.1, 0.15) is 5.75 Å². The third kappa shape index (κ3) is 2.47. The van der Waals surface area contributed by atoms with E-state index in [2.05, 4.69) is 5.32 Å². The number of carbonyl (C=O) groups is 1. The Morgan fingerprint density at radius 2 is 2.33 bits per heavy atom. The molecule has 0 saturated carbocycles. The van der Waals surface area contributed by atoms with Crippen molar-refractivity contribution in [3.8, 4) is 5.75 Å². The molecule has 1 aromatic rings. The van der Waals surface area contributed by atoms with Crippen LogP contribution in [0.5, 0.6) is 5.75 Å². The number of amides is 1. The molecule has 0 radical (unpaired) electrons. The Morgan fingerprint density at radius 1 is 1.61 bits per heavy atom. The topological polar surface area (TPSA) is 58.6 Å². The first kappa shape index (κ1) is 13.6. The number of aliphatic hydroxyl groups is 1. The molecule has 0 spiro atoms. The number of rotatable bonds is 2. The number of fused-ring (bicyclic) bond motifs is 1. The Bertz CT molecular complexity index is 473. The molecule has 0 aliphatic heterocycles. The average molecular weight is 361 g/mol. The molecule has 0 saturated heterocycles. The zero-order valence-electron chi connectivity index (χ0n) is 10.4. The van der Waals surface area contributed by atoms with E-state index >= 15 is 0 Å². The van der Waals surface area contributed by atoms with Gasteiger partial charge < -0.3 is 15.2 Å². The number of carbonyl (C=O) groups excluding carboxylic acids is 1. The van der Waals surface area contributed by atoms with Crippen LogP contribution < -0.4 is 10.1 Å². The lowest BCUT2D eigenvalue weighted by Crippen LogP contribution is -2.49. The van der Waals surface area contributed by atoms with E-state index < -0.39 is 3.61 Å². The van der Waals surface area contributed by atoms with Crippen molar-refractivity contribution in [2.24, 2.45) is 0 Å². The maximum absolute atomic E-state index is 11.2.